The van der Waals surface area contributed by atoms with E-state index in [0.29, 0.717) is 37.0 Å². The molecule has 0 spiro atoms. The van der Waals surface area contributed by atoms with Gasteiger partial charge in [-0.15, -0.1) is 0 Å². The van der Waals surface area contributed by atoms with Crippen molar-refractivity contribution in [3.8, 4) is 11.5 Å². The summed E-state index contributed by atoms with van der Waals surface area (Å²) in [5.74, 6) is 1.56. The van der Waals surface area contributed by atoms with Crippen LogP contribution < -0.4 is 20.3 Å². The van der Waals surface area contributed by atoms with E-state index in [1.54, 1.807) is 12.4 Å². The van der Waals surface area contributed by atoms with Crippen LogP contribution >= 0.6 is 12.2 Å². The second kappa shape index (κ2) is 11.5. The van der Waals surface area contributed by atoms with Gasteiger partial charge < -0.3 is 24.7 Å². The highest BCUT2D eigenvalue weighted by Crippen LogP contribution is 2.21. The second-order valence-corrected chi connectivity index (χ2v) is 8.30. The highest BCUT2D eigenvalue weighted by molar-refractivity contribution is 7.80. The van der Waals surface area contributed by atoms with Gasteiger partial charge in [0.05, 0.1) is 19.8 Å². The number of aromatic nitrogens is 2. The molecule has 0 unspecified atom stereocenters. The third-order valence-electron chi connectivity index (χ3n) is 5.36. The Morgan fingerprint density at radius 3 is 2.46 bits per heavy atom. The number of anilines is 1. The summed E-state index contributed by atoms with van der Waals surface area (Å²) in [6.07, 6.45) is 3.53. The molecule has 0 radical (unpaired) electrons. The van der Waals surface area contributed by atoms with E-state index >= 15 is 0 Å². The van der Waals surface area contributed by atoms with Crippen LogP contribution in [0.5, 0.6) is 11.5 Å². The molecular formula is C27H28N4O3S. The predicted octanol–water partition coefficient (Wildman–Crippen LogP) is 5.12. The molecule has 8 heteroatoms. The van der Waals surface area contributed by atoms with Gasteiger partial charge in [0.25, 0.3) is 5.56 Å². The Balaban J connectivity index is 1.60. The number of thiocarbonyl (C=S) groups is 1. The molecule has 35 heavy (non-hydrogen) atoms. The molecule has 2 N–H and O–H groups in total. The molecule has 0 fully saturated rings. The largest absolute Gasteiger partial charge is 0.494 e. The molecule has 0 aliphatic rings. The maximum absolute atomic E-state index is 12.9. The number of fused-ring (bicyclic) bond motifs is 1. The lowest BCUT2D eigenvalue weighted by Gasteiger charge is -2.26. The van der Waals surface area contributed by atoms with Gasteiger partial charge in [0, 0.05) is 41.1 Å². The number of rotatable bonds is 9. The maximum atomic E-state index is 12.9. The summed E-state index contributed by atoms with van der Waals surface area (Å²) in [6.45, 7) is 5.89. The van der Waals surface area contributed by atoms with Crippen LogP contribution in [0, 0.1) is 0 Å². The van der Waals surface area contributed by atoms with Crippen LogP contribution in [0.2, 0.25) is 0 Å². The Morgan fingerprint density at radius 1 is 1.00 bits per heavy atom. The summed E-state index contributed by atoms with van der Waals surface area (Å²) in [5, 5.41) is 4.68. The Hall–Kier alpha value is -3.91. The number of ether oxygens (including phenoxy) is 2. The average molecular weight is 489 g/mol. The molecule has 2 heterocycles. The number of nitrogens with one attached hydrogen (secondary N) is 2. The summed E-state index contributed by atoms with van der Waals surface area (Å²) in [5.41, 5.74) is 3.03. The minimum absolute atomic E-state index is 0.151. The number of nitrogens with zero attached hydrogens (tertiary/aromatic N) is 2. The van der Waals surface area contributed by atoms with Crippen LogP contribution in [0.3, 0.4) is 0 Å². The Kier molecular flexibility index (Phi) is 7.95. The molecular weight excluding hydrogens is 460 g/mol. The molecule has 0 amide bonds. The number of hydrogen-bond acceptors (Lipinski definition) is 5. The number of H-pyrrole nitrogens is 1. The summed E-state index contributed by atoms with van der Waals surface area (Å²) < 4.78 is 11.1. The molecule has 0 atom stereocenters. The second-order valence-electron chi connectivity index (χ2n) is 7.91. The third kappa shape index (κ3) is 6.36. The number of benzene rings is 2. The van der Waals surface area contributed by atoms with E-state index < -0.39 is 0 Å². The first-order chi connectivity index (χ1) is 17.1. The van der Waals surface area contributed by atoms with E-state index in [2.05, 4.69) is 15.3 Å². The van der Waals surface area contributed by atoms with Crippen LogP contribution in [0.25, 0.3) is 10.9 Å². The highest BCUT2D eigenvalue weighted by atomic mass is 32.1. The van der Waals surface area contributed by atoms with Gasteiger partial charge in [0.15, 0.2) is 5.11 Å². The maximum Gasteiger partial charge on any atom is 0.253 e. The third-order valence-corrected chi connectivity index (χ3v) is 5.73. The normalized spacial score (nSPS) is 10.7. The van der Waals surface area contributed by atoms with Crippen molar-refractivity contribution >= 4 is 33.9 Å². The fraction of sp³-hybridized carbons (Fsp3) is 0.222. The number of hydrogen-bond donors (Lipinski definition) is 2. The van der Waals surface area contributed by atoms with Crippen molar-refractivity contribution in [2.45, 2.75) is 26.9 Å². The molecule has 7 nitrogen and oxygen atoms in total. The number of aromatic amines is 1. The minimum atomic E-state index is -0.151. The lowest BCUT2D eigenvalue weighted by molar-refractivity contribution is 0.340. The van der Waals surface area contributed by atoms with E-state index in [4.69, 9.17) is 21.7 Å². The zero-order valence-corrected chi connectivity index (χ0v) is 20.6. The van der Waals surface area contributed by atoms with Crippen molar-refractivity contribution in [2.24, 2.45) is 0 Å². The quantitative estimate of drug-likeness (QED) is 0.317. The Bertz CT molecular complexity index is 1340. The average Bonchev–Trinajstić information content (AvgIpc) is 2.86. The fourth-order valence-electron chi connectivity index (χ4n) is 3.72. The van der Waals surface area contributed by atoms with Crippen LogP contribution in [0.1, 0.15) is 25.0 Å². The lowest BCUT2D eigenvalue weighted by atomic mass is 10.1. The first-order valence-corrected chi connectivity index (χ1v) is 11.9. The van der Waals surface area contributed by atoms with Crippen LogP contribution in [0.15, 0.2) is 77.9 Å². The molecule has 0 aliphatic heterocycles. The predicted molar refractivity (Wildman–Crippen MR) is 143 cm³/mol. The van der Waals surface area contributed by atoms with Gasteiger partial charge in [-0.3, -0.25) is 9.78 Å². The SMILES string of the molecule is CCOc1ccc(NC(=S)N(Cc2cccnc2)Cc2cc3cc(OCC)ccc3[nH]c2=O)cc1. The van der Waals surface area contributed by atoms with Crippen molar-refractivity contribution < 1.29 is 9.47 Å². The van der Waals surface area contributed by atoms with Crippen LogP contribution in [0.4, 0.5) is 5.69 Å². The highest BCUT2D eigenvalue weighted by Gasteiger charge is 2.15. The Morgan fingerprint density at radius 2 is 1.74 bits per heavy atom. The molecule has 0 aliphatic carbocycles. The van der Waals surface area contributed by atoms with Crippen molar-refractivity contribution in [3.63, 3.8) is 0 Å². The molecule has 0 bridgehead atoms. The van der Waals surface area contributed by atoms with Crippen LogP contribution in [-0.4, -0.2) is 33.2 Å². The van der Waals surface area contributed by atoms with Gasteiger partial charge in [-0.05, 0) is 86.2 Å². The zero-order valence-electron chi connectivity index (χ0n) is 19.8. The Labute approximate surface area is 209 Å². The van der Waals surface area contributed by atoms with Gasteiger partial charge in [0.1, 0.15) is 11.5 Å². The summed E-state index contributed by atoms with van der Waals surface area (Å²) >= 11 is 5.77. The summed E-state index contributed by atoms with van der Waals surface area (Å²) in [7, 11) is 0. The smallest absolute Gasteiger partial charge is 0.253 e. The van der Waals surface area contributed by atoms with E-state index in [9.17, 15) is 4.79 Å². The monoisotopic (exact) mass is 488 g/mol. The van der Waals surface area contributed by atoms with E-state index in [0.717, 1.165) is 33.7 Å². The minimum Gasteiger partial charge on any atom is -0.494 e. The standard InChI is InChI=1S/C27H28N4O3S/c1-3-33-23-9-7-22(8-10-23)29-27(35)31(17-19-6-5-13-28-16-19)18-21-14-20-15-24(34-4-2)11-12-25(20)30-26(21)32/h5-16H,3-4,17-18H2,1-2H3,(H,29,35)(H,30,32). The van der Waals surface area contributed by atoms with Crippen molar-refractivity contribution in [1.82, 2.24) is 14.9 Å². The molecule has 4 aromatic rings. The van der Waals surface area contributed by atoms with E-state index in [1.807, 2.05) is 79.4 Å². The lowest BCUT2D eigenvalue weighted by Crippen LogP contribution is -2.35. The van der Waals surface area contributed by atoms with Crippen molar-refractivity contribution in [3.05, 3.63) is 94.5 Å². The summed E-state index contributed by atoms with van der Waals surface area (Å²) in [6, 6.07) is 19.0. The molecule has 4 rings (SSSR count). The van der Waals surface area contributed by atoms with Gasteiger partial charge in [-0.25, -0.2) is 0 Å². The van der Waals surface area contributed by atoms with Crippen molar-refractivity contribution in [2.75, 3.05) is 18.5 Å². The van der Waals surface area contributed by atoms with Gasteiger partial charge in [-0.1, -0.05) is 6.07 Å². The van der Waals surface area contributed by atoms with Gasteiger partial charge in [-0.2, -0.15) is 0 Å². The van der Waals surface area contributed by atoms with Gasteiger partial charge in [0.2, 0.25) is 0 Å². The summed E-state index contributed by atoms with van der Waals surface area (Å²) in [4.78, 5) is 22.0. The first kappa shape index (κ1) is 24.2. The topological polar surface area (TPSA) is 79.5 Å². The number of pyridine rings is 2. The van der Waals surface area contributed by atoms with Gasteiger partial charge >= 0.3 is 0 Å². The van der Waals surface area contributed by atoms with E-state index in [1.165, 1.54) is 0 Å². The molecule has 2 aromatic heterocycles. The molecule has 0 saturated carbocycles. The zero-order chi connectivity index (χ0) is 24.6. The first-order valence-electron chi connectivity index (χ1n) is 11.5. The molecule has 0 saturated heterocycles. The van der Waals surface area contributed by atoms with Crippen LogP contribution in [-0.2, 0) is 13.1 Å². The van der Waals surface area contributed by atoms with E-state index in [-0.39, 0.29) is 5.56 Å². The fourth-order valence-corrected chi connectivity index (χ4v) is 3.97. The van der Waals surface area contributed by atoms with Crippen molar-refractivity contribution in [1.29, 1.82) is 0 Å². The molecule has 180 valence electrons. The molecule has 2 aromatic carbocycles.